The summed E-state index contributed by atoms with van der Waals surface area (Å²) in [7, 11) is -3.23. The van der Waals surface area contributed by atoms with Gasteiger partial charge in [-0.2, -0.15) is 17.4 Å². The molecule has 2 saturated heterocycles. The van der Waals surface area contributed by atoms with Gasteiger partial charge in [-0.25, -0.2) is 0 Å². The molecule has 3 rings (SSSR count). The average Bonchev–Trinajstić information content (AvgIpc) is 3.01. The normalized spacial score (nSPS) is 31.9. The molecule has 1 saturated carbocycles. The molecule has 3 aliphatic rings. The van der Waals surface area contributed by atoms with Crippen LogP contribution in [-0.2, 0) is 10.2 Å². The summed E-state index contributed by atoms with van der Waals surface area (Å²) in [5.41, 5.74) is 0. The molecule has 0 amide bonds. The van der Waals surface area contributed by atoms with Crippen LogP contribution in [0, 0.1) is 5.92 Å². The second-order valence-corrected chi connectivity index (χ2v) is 7.46. The minimum Gasteiger partial charge on any atom is -0.317 e. The first-order valence-corrected chi connectivity index (χ1v) is 8.60. The number of rotatable bonds is 4. The first kappa shape index (κ1) is 12.8. The van der Waals surface area contributed by atoms with Gasteiger partial charge in [-0.15, -0.1) is 0 Å². The van der Waals surface area contributed by atoms with Gasteiger partial charge >= 0.3 is 0 Å². The van der Waals surface area contributed by atoms with Gasteiger partial charge in [0.1, 0.15) is 0 Å². The van der Waals surface area contributed by atoms with E-state index in [9.17, 15) is 8.42 Å². The van der Waals surface area contributed by atoms with Gasteiger partial charge in [0.15, 0.2) is 0 Å². The van der Waals surface area contributed by atoms with E-state index in [0.717, 1.165) is 51.6 Å². The first-order valence-electron chi connectivity index (χ1n) is 7.16. The summed E-state index contributed by atoms with van der Waals surface area (Å²) in [6.45, 7) is 2.77. The van der Waals surface area contributed by atoms with E-state index in [2.05, 4.69) is 10.0 Å². The molecule has 2 N–H and O–H groups in total. The van der Waals surface area contributed by atoms with Gasteiger partial charge in [0.2, 0.25) is 0 Å². The van der Waals surface area contributed by atoms with Crippen molar-refractivity contribution in [3.05, 3.63) is 0 Å². The molecule has 0 bridgehead atoms. The van der Waals surface area contributed by atoms with Gasteiger partial charge in [0.05, 0.1) is 0 Å². The summed E-state index contributed by atoms with van der Waals surface area (Å²) in [6.07, 6.45) is 6.28. The molecule has 1 atom stereocenters. The van der Waals surface area contributed by atoms with E-state index in [1.807, 2.05) is 0 Å². The van der Waals surface area contributed by atoms with Crippen LogP contribution in [0.4, 0.5) is 0 Å². The number of nitrogens with zero attached hydrogens (tertiary/aromatic N) is 1. The molecule has 0 radical (unpaired) electrons. The molecule has 2 heterocycles. The van der Waals surface area contributed by atoms with Gasteiger partial charge in [0.25, 0.3) is 10.2 Å². The summed E-state index contributed by atoms with van der Waals surface area (Å²) in [5.74, 6) is 0.546. The van der Waals surface area contributed by atoms with Crippen LogP contribution in [0.5, 0.6) is 0 Å². The summed E-state index contributed by atoms with van der Waals surface area (Å²) in [6, 6.07) is 0.452. The van der Waals surface area contributed by atoms with Crippen LogP contribution < -0.4 is 10.0 Å². The fourth-order valence-electron chi connectivity index (χ4n) is 3.24. The van der Waals surface area contributed by atoms with E-state index in [-0.39, 0.29) is 12.1 Å². The maximum absolute atomic E-state index is 12.3. The maximum Gasteiger partial charge on any atom is 0.279 e. The molecule has 2 aliphatic heterocycles. The highest BCUT2D eigenvalue weighted by Gasteiger charge is 2.40. The van der Waals surface area contributed by atoms with Crippen LogP contribution in [0.15, 0.2) is 0 Å². The largest absolute Gasteiger partial charge is 0.317 e. The van der Waals surface area contributed by atoms with Crippen LogP contribution in [-0.4, -0.2) is 44.4 Å². The lowest BCUT2D eigenvalue weighted by Gasteiger charge is -2.33. The molecule has 0 aromatic carbocycles. The molecule has 1 unspecified atom stereocenters. The Morgan fingerprint density at radius 1 is 1.06 bits per heavy atom. The zero-order valence-electron chi connectivity index (χ0n) is 10.8. The summed E-state index contributed by atoms with van der Waals surface area (Å²) < 4.78 is 29.2. The highest BCUT2D eigenvalue weighted by Crippen LogP contribution is 2.32. The molecule has 1 aliphatic carbocycles. The third-order valence-corrected chi connectivity index (χ3v) is 6.08. The van der Waals surface area contributed by atoms with E-state index in [0.29, 0.717) is 12.5 Å². The number of nitrogens with one attached hydrogen (secondary N) is 2. The van der Waals surface area contributed by atoms with Crippen molar-refractivity contribution in [3.63, 3.8) is 0 Å². The van der Waals surface area contributed by atoms with Crippen molar-refractivity contribution in [2.45, 2.75) is 50.6 Å². The minimum atomic E-state index is -3.23. The summed E-state index contributed by atoms with van der Waals surface area (Å²) in [5, 5.41) is 3.35. The lowest BCUT2D eigenvalue weighted by Crippen LogP contribution is -2.48. The fourth-order valence-corrected chi connectivity index (χ4v) is 5.04. The van der Waals surface area contributed by atoms with Gasteiger partial charge in [-0.3, -0.25) is 0 Å². The Bertz CT molecular complexity index is 388. The zero-order chi connectivity index (χ0) is 12.6. The van der Waals surface area contributed by atoms with Crippen LogP contribution in [0.25, 0.3) is 0 Å². The van der Waals surface area contributed by atoms with Gasteiger partial charge in [-0.05, 0) is 57.5 Å². The summed E-state index contributed by atoms with van der Waals surface area (Å²) in [4.78, 5) is 0. The number of hydrogen-bond donors (Lipinski definition) is 2. The Kier molecular flexibility index (Phi) is 3.62. The highest BCUT2D eigenvalue weighted by molar-refractivity contribution is 7.87. The van der Waals surface area contributed by atoms with Crippen LogP contribution in [0.3, 0.4) is 0 Å². The van der Waals surface area contributed by atoms with Gasteiger partial charge < -0.3 is 5.32 Å². The number of piperidine rings is 1. The Hall–Kier alpha value is -0.170. The molecule has 18 heavy (non-hydrogen) atoms. The maximum atomic E-state index is 12.3. The standard InChI is InChI=1S/C12H23N3O2S/c16-18(17,14-11-3-4-11)15-9-1-2-12(15)10-5-7-13-8-6-10/h10-14H,1-9H2. The van der Waals surface area contributed by atoms with E-state index in [1.54, 1.807) is 4.31 Å². The molecule has 5 nitrogen and oxygen atoms in total. The highest BCUT2D eigenvalue weighted by atomic mass is 32.2. The van der Waals surface area contributed by atoms with Crippen molar-refractivity contribution in [2.75, 3.05) is 19.6 Å². The average molecular weight is 273 g/mol. The number of hydrogen-bond acceptors (Lipinski definition) is 3. The minimum absolute atomic E-state index is 0.212. The van der Waals surface area contributed by atoms with Crippen molar-refractivity contribution in [1.29, 1.82) is 0 Å². The molecule has 3 fully saturated rings. The molecular weight excluding hydrogens is 250 g/mol. The molecule has 0 aromatic heterocycles. The van der Waals surface area contributed by atoms with E-state index in [1.165, 1.54) is 0 Å². The molecule has 0 spiro atoms. The van der Waals surface area contributed by atoms with E-state index >= 15 is 0 Å². The van der Waals surface area contributed by atoms with Crippen molar-refractivity contribution in [2.24, 2.45) is 5.92 Å². The third kappa shape index (κ3) is 2.71. The first-order chi connectivity index (χ1) is 8.67. The van der Waals surface area contributed by atoms with Crippen molar-refractivity contribution in [1.82, 2.24) is 14.3 Å². The lowest BCUT2D eigenvalue weighted by molar-refractivity contribution is 0.233. The predicted molar refractivity (Wildman–Crippen MR) is 70.4 cm³/mol. The summed E-state index contributed by atoms with van der Waals surface area (Å²) >= 11 is 0. The van der Waals surface area contributed by atoms with Crippen molar-refractivity contribution < 1.29 is 8.42 Å². The Labute approximate surface area is 109 Å². The molecular formula is C12H23N3O2S. The third-order valence-electron chi connectivity index (χ3n) is 4.38. The van der Waals surface area contributed by atoms with Crippen LogP contribution in [0.1, 0.15) is 38.5 Å². The Morgan fingerprint density at radius 2 is 1.78 bits per heavy atom. The van der Waals surface area contributed by atoms with Crippen molar-refractivity contribution in [3.8, 4) is 0 Å². The molecule has 104 valence electrons. The van der Waals surface area contributed by atoms with Gasteiger partial charge in [0, 0.05) is 18.6 Å². The Balaban J connectivity index is 1.69. The van der Waals surface area contributed by atoms with Crippen molar-refractivity contribution >= 4 is 10.2 Å². The lowest BCUT2D eigenvalue weighted by atomic mass is 9.89. The second kappa shape index (κ2) is 5.07. The van der Waals surface area contributed by atoms with E-state index in [4.69, 9.17) is 0 Å². The zero-order valence-corrected chi connectivity index (χ0v) is 11.6. The van der Waals surface area contributed by atoms with Crippen LogP contribution in [0.2, 0.25) is 0 Å². The monoisotopic (exact) mass is 273 g/mol. The molecule has 0 aromatic rings. The second-order valence-electron chi connectivity index (χ2n) is 5.80. The predicted octanol–water partition coefficient (Wildman–Crippen LogP) is 0.447. The fraction of sp³-hybridized carbons (Fsp3) is 1.00. The van der Waals surface area contributed by atoms with E-state index < -0.39 is 10.2 Å². The van der Waals surface area contributed by atoms with Gasteiger partial charge in [-0.1, -0.05) is 0 Å². The van der Waals surface area contributed by atoms with Crippen LogP contribution >= 0.6 is 0 Å². The SMILES string of the molecule is O=S(=O)(NC1CC1)N1CCCC1C1CCNCC1. The Morgan fingerprint density at radius 3 is 2.44 bits per heavy atom. The molecule has 6 heteroatoms. The quantitative estimate of drug-likeness (QED) is 0.782. The smallest absolute Gasteiger partial charge is 0.279 e. The topological polar surface area (TPSA) is 61.4 Å².